The molecule has 0 bridgehead atoms. The molecule has 0 saturated carbocycles. The lowest BCUT2D eigenvalue weighted by Gasteiger charge is -2.28. The van der Waals surface area contributed by atoms with Crippen molar-refractivity contribution in [2.75, 3.05) is 23.3 Å². The van der Waals surface area contributed by atoms with Crippen LogP contribution in [0.5, 0.6) is 0 Å². The molecule has 0 aliphatic carbocycles. The standard InChI is InChI=1S/C29H27ClFN7OS/c30-22-15-20(18-6-8-19(9-7-18)36-11-2-1-3-12-36)24(31)25-21(22)16-38(35-25)27(28(39)34-29-32-10-14-40-29)26-23-5-4-13-37(23)17-33-26/h6-10,14-17,27H,1-5,11-13H2,(H,32,34,39). The van der Waals surface area contributed by atoms with Crippen LogP contribution < -0.4 is 10.2 Å². The number of carbonyl (C=O) groups is 1. The number of nitrogens with zero attached hydrogens (tertiary/aromatic N) is 6. The number of fused-ring (bicyclic) bond motifs is 2. The van der Waals surface area contributed by atoms with Gasteiger partial charge in [0.25, 0.3) is 5.91 Å². The fourth-order valence-corrected chi connectivity index (χ4v) is 6.61. The summed E-state index contributed by atoms with van der Waals surface area (Å²) in [5.41, 5.74) is 3.94. The van der Waals surface area contributed by atoms with E-state index in [4.69, 9.17) is 11.6 Å². The molecule has 1 saturated heterocycles. The van der Waals surface area contributed by atoms with Crippen LogP contribution in [0.1, 0.15) is 43.1 Å². The first-order chi connectivity index (χ1) is 19.6. The highest BCUT2D eigenvalue weighted by atomic mass is 35.5. The van der Waals surface area contributed by atoms with E-state index >= 15 is 4.39 Å². The molecule has 1 amide bonds. The zero-order chi connectivity index (χ0) is 27.2. The van der Waals surface area contributed by atoms with Gasteiger partial charge >= 0.3 is 0 Å². The van der Waals surface area contributed by atoms with Crippen molar-refractivity contribution in [3.05, 3.63) is 76.7 Å². The lowest BCUT2D eigenvalue weighted by Crippen LogP contribution is -2.29. The van der Waals surface area contributed by atoms with Crippen LogP contribution in [0.3, 0.4) is 0 Å². The number of halogens is 2. The molecule has 2 aliphatic rings. The summed E-state index contributed by atoms with van der Waals surface area (Å²) in [5, 5.41) is 10.5. The summed E-state index contributed by atoms with van der Waals surface area (Å²) in [4.78, 5) is 24.8. The molecular formula is C29H27ClFN7OS. The highest BCUT2D eigenvalue weighted by Crippen LogP contribution is 2.36. The quantitative estimate of drug-likeness (QED) is 0.256. The van der Waals surface area contributed by atoms with Gasteiger partial charge in [0.1, 0.15) is 5.52 Å². The van der Waals surface area contributed by atoms with E-state index < -0.39 is 11.9 Å². The molecular weight excluding hydrogens is 549 g/mol. The number of imidazole rings is 1. The Hall–Kier alpha value is -3.76. The molecule has 1 atom stereocenters. The van der Waals surface area contributed by atoms with E-state index in [2.05, 4.69) is 29.9 Å². The molecule has 0 radical (unpaired) electrons. The topological polar surface area (TPSA) is 80.9 Å². The zero-order valence-electron chi connectivity index (χ0n) is 21.7. The Morgan fingerprint density at radius 2 is 1.90 bits per heavy atom. The molecule has 1 unspecified atom stereocenters. The minimum atomic E-state index is -0.909. The molecule has 7 rings (SSSR count). The second-order valence-corrected chi connectivity index (χ2v) is 11.6. The summed E-state index contributed by atoms with van der Waals surface area (Å²) in [6, 6.07) is 8.67. The summed E-state index contributed by atoms with van der Waals surface area (Å²) < 4.78 is 19.6. The lowest BCUT2D eigenvalue weighted by molar-refractivity contribution is -0.118. The Balaban J connectivity index is 1.28. The lowest BCUT2D eigenvalue weighted by atomic mass is 10.0. The highest BCUT2D eigenvalue weighted by molar-refractivity contribution is 7.13. The van der Waals surface area contributed by atoms with Gasteiger partial charge in [-0.25, -0.2) is 14.4 Å². The van der Waals surface area contributed by atoms with Crippen LogP contribution in [-0.2, 0) is 17.8 Å². The van der Waals surface area contributed by atoms with Crippen molar-refractivity contribution in [3.8, 4) is 11.1 Å². The fourth-order valence-electron chi connectivity index (χ4n) is 5.83. The molecule has 5 aromatic rings. The number of hydrogen-bond acceptors (Lipinski definition) is 6. The number of benzene rings is 2. The number of carbonyl (C=O) groups excluding carboxylic acids is 1. The number of rotatable bonds is 6. The largest absolute Gasteiger partial charge is 0.372 e. The van der Waals surface area contributed by atoms with Crippen LogP contribution >= 0.6 is 22.9 Å². The van der Waals surface area contributed by atoms with Gasteiger partial charge in [0, 0.05) is 59.7 Å². The van der Waals surface area contributed by atoms with E-state index in [1.807, 2.05) is 24.3 Å². The number of nitrogens with one attached hydrogen (secondary N) is 1. The van der Waals surface area contributed by atoms with E-state index in [-0.39, 0.29) is 11.4 Å². The summed E-state index contributed by atoms with van der Waals surface area (Å²) in [7, 11) is 0. The van der Waals surface area contributed by atoms with Gasteiger partial charge in [-0.15, -0.1) is 11.3 Å². The van der Waals surface area contributed by atoms with Gasteiger partial charge in [0.05, 0.1) is 17.0 Å². The van der Waals surface area contributed by atoms with E-state index in [0.29, 0.717) is 26.8 Å². The van der Waals surface area contributed by atoms with Crippen molar-refractivity contribution in [2.45, 2.75) is 44.7 Å². The van der Waals surface area contributed by atoms with Gasteiger partial charge in [0.15, 0.2) is 17.0 Å². The van der Waals surface area contributed by atoms with Gasteiger partial charge in [-0.3, -0.25) is 14.8 Å². The summed E-state index contributed by atoms with van der Waals surface area (Å²) in [6.07, 6.45) is 10.5. The van der Waals surface area contributed by atoms with E-state index in [1.54, 1.807) is 30.2 Å². The smallest absolute Gasteiger partial charge is 0.257 e. The van der Waals surface area contributed by atoms with Crippen LogP contribution in [0, 0.1) is 5.82 Å². The van der Waals surface area contributed by atoms with Crippen molar-refractivity contribution in [3.63, 3.8) is 0 Å². The predicted octanol–water partition coefficient (Wildman–Crippen LogP) is 6.31. The number of hydrogen-bond donors (Lipinski definition) is 1. The molecule has 8 nitrogen and oxygen atoms in total. The normalized spacial score (nSPS) is 15.9. The van der Waals surface area contributed by atoms with Crippen LogP contribution in [-0.4, -0.2) is 43.3 Å². The van der Waals surface area contributed by atoms with Crippen molar-refractivity contribution in [2.24, 2.45) is 0 Å². The number of amides is 1. The Bertz CT molecular complexity index is 1690. The first kappa shape index (κ1) is 25.2. The van der Waals surface area contributed by atoms with Gasteiger partial charge in [-0.05, 0) is 55.9 Å². The third kappa shape index (κ3) is 4.45. The second-order valence-electron chi connectivity index (χ2n) is 10.3. The van der Waals surface area contributed by atoms with Crippen molar-refractivity contribution in [1.29, 1.82) is 0 Å². The Labute approximate surface area is 239 Å². The van der Waals surface area contributed by atoms with Gasteiger partial charge < -0.3 is 9.47 Å². The molecule has 3 aromatic heterocycles. The monoisotopic (exact) mass is 575 g/mol. The van der Waals surface area contributed by atoms with Gasteiger partial charge in [-0.2, -0.15) is 5.10 Å². The van der Waals surface area contributed by atoms with Crippen molar-refractivity contribution >= 4 is 50.6 Å². The van der Waals surface area contributed by atoms with Crippen molar-refractivity contribution < 1.29 is 9.18 Å². The molecule has 2 aromatic carbocycles. The molecule has 0 spiro atoms. The van der Waals surface area contributed by atoms with E-state index in [1.165, 1.54) is 35.3 Å². The van der Waals surface area contributed by atoms with Crippen LogP contribution in [0.25, 0.3) is 22.0 Å². The maximum Gasteiger partial charge on any atom is 0.257 e. The third-order valence-corrected chi connectivity index (χ3v) is 8.83. The van der Waals surface area contributed by atoms with E-state index in [0.717, 1.165) is 49.4 Å². The molecule has 40 heavy (non-hydrogen) atoms. The number of thiazole rings is 1. The highest BCUT2D eigenvalue weighted by Gasteiger charge is 2.32. The van der Waals surface area contributed by atoms with Gasteiger partial charge in [-0.1, -0.05) is 23.7 Å². The summed E-state index contributed by atoms with van der Waals surface area (Å²) in [5.74, 6) is -0.820. The molecule has 11 heteroatoms. The molecule has 1 N–H and O–H groups in total. The molecule has 204 valence electrons. The number of aryl methyl sites for hydroxylation is 1. The summed E-state index contributed by atoms with van der Waals surface area (Å²) in [6.45, 7) is 2.94. The van der Waals surface area contributed by atoms with Crippen LogP contribution in [0.4, 0.5) is 15.2 Å². The average molecular weight is 576 g/mol. The Morgan fingerprint density at radius 1 is 1.07 bits per heavy atom. The van der Waals surface area contributed by atoms with Gasteiger partial charge in [0.2, 0.25) is 0 Å². The van der Waals surface area contributed by atoms with Crippen LogP contribution in [0.15, 0.2) is 54.4 Å². The Morgan fingerprint density at radius 3 is 2.67 bits per heavy atom. The third-order valence-electron chi connectivity index (χ3n) is 7.83. The minimum absolute atomic E-state index is 0.116. The Kier molecular flexibility index (Phi) is 6.51. The van der Waals surface area contributed by atoms with E-state index in [9.17, 15) is 4.79 Å². The first-order valence-electron chi connectivity index (χ1n) is 13.5. The predicted molar refractivity (Wildman–Crippen MR) is 156 cm³/mol. The molecule has 1 fully saturated rings. The fraction of sp³-hybridized carbons (Fsp3) is 0.310. The number of piperidine rings is 1. The van der Waals surface area contributed by atoms with Crippen LogP contribution in [0.2, 0.25) is 5.02 Å². The SMILES string of the molecule is O=C(Nc1nccs1)C(c1ncn2c1CCC2)n1cc2c(Cl)cc(-c3ccc(N4CCCCC4)cc3)c(F)c2n1. The molecule has 2 aliphatic heterocycles. The summed E-state index contributed by atoms with van der Waals surface area (Å²) >= 11 is 8.04. The number of aromatic nitrogens is 5. The second kappa shape index (κ2) is 10.3. The maximum absolute atomic E-state index is 16.1. The van der Waals surface area contributed by atoms with Crippen molar-refractivity contribution in [1.82, 2.24) is 24.3 Å². The first-order valence-corrected chi connectivity index (χ1v) is 14.8. The molecule has 5 heterocycles. The maximum atomic E-state index is 16.1. The number of anilines is 2. The average Bonchev–Trinajstić information content (AvgIpc) is 3.78. The zero-order valence-corrected chi connectivity index (χ0v) is 23.3. The minimum Gasteiger partial charge on any atom is -0.372 e.